The number of hydrogen-bond donors (Lipinski definition) is 1. The van der Waals surface area contributed by atoms with E-state index in [-0.39, 0.29) is 23.7 Å². The van der Waals surface area contributed by atoms with Gasteiger partial charge in [-0.15, -0.1) is 11.3 Å². The maximum Gasteiger partial charge on any atom is 0.341 e. The average molecular weight is 424 g/mol. The van der Waals surface area contributed by atoms with Crippen LogP contribution in [0.4, 0.5) is 5.00 Å². The van der Waals surface area contributed by atoms with Gasteiger partial charge in [0.15, 0.2) is 9.84 Å². The number of rotatable bonds is 6. The minimum Gasteiger partial charge on any atom is -0.497 e. The number of ether oxygens (including phenoxy) is 2. The third kappa shape index (κ3) is 4.36. The van der Waals surface area contributed by atoms with E-state index >= 15 is 0 Å². The van der Waals surface area contributed by atoms with Crippen molar-refractivity contribution >= 4 is 38.1 Å². The molecule has 0 aliphatic carbocycles. The van der Waals surface area contributed by atoms with E-state index in [0.29, 0.717) is 22.7 Å². The third-order valence-electron chi connectivity index (χ3n) is 4.51. The van der Waals surface area contributed by atoms with Crippen molar-refractivity contribution in [3.05, 3.63) is 35.2 Å². The number of anilines is 1. The predicted molar refractivity (Wildman–Crippen MR) is 108 cm³/mol. The fraction of sp³-hybridized carbons (Fsp3) is 0.368. The quantitative estimate of drug-likeness (QED) is 0.717. The molecule has 1 aliphatic rings. The van der Waals surface area contributed by atoms with Crippen molar-refractivity contribution < 1.29 is 27.5 Å². The van der Waals surface area contributed by atoms with Gasteiger partial charge < -0.3 is 14.8 Å². The highest BCUT2D eigenvalue weighted by molar-refractivity contribution is 7.91. The number of carbonyl (C=O) groups excluding carboxylic acids is 2. The van der Waals surface area contributed by atoms with Crippen molar-refractivity contribution in [2.45, 2.75) is 13.3 Å². The van der Waals surface area contributed by atoms with Gasteiger partial charge in [-0.1, -0.05) is 12.1 Å². The molecule has 9 heteroatoms. The van der Waals surface area contributed by atoms with Crippen molar-refractivity contribution in [2.24, 2.45) is 5.92 Å². The van der Waals surface area contributed by atoms with E-state index < -0.39 is 27.6 Å². The van der Waals surface area contributed by atoms with E-state index in [1.165, 1.54) is 11.3 Å². The fourth-order valence-electron chi connectivity index (χ4n) is 3.05. The lowest BCUT2D eigenvalue weighted by Crippen LogP contribution is -2.24. The van der Waals surface area contributed by atoms with Gasteiger partial charge in [-0.3, -0.25) is 4.79 Å². The van der Waals surface area contributed by atoms with E-state index in [2.05, 4.69) is 5.32 Å². The summed E-state index contributed by atoms with van der Waals surface area (Å²) in [6.45, 7) is 1.91. The minimum absolute atomic E-state index is 0.0113. The summed E-state index contributed by atoms with van der Waals surface area (Å²) in [5.74, 6) is -1.00. The Morgan fingerprint density at radius 1 is 1.25 bits per heavy atom. The van der Waals surface area contributed by atoms with E-state index in [0.717, 1.165) is 5.56 Å². The standard InChI is InChI=1S/C19H21NO6S2/c1-3-26-19(22)16-15(12-4-6-14(25-2)7-5-12)10-27-18(16)20-17(21)13-8-9-28(23,24)11-13/h4-7,10,13H,3,8-9,11H2,1-2H3,(H,20,21). The van der Waals surface area contributed by atoms with Crippen LogP contribution < -0.4 is 10.1 Å². The smallest absolute Gasteiger partial charge is 0.341 e. The van der Waals surface area contributed by atoms with Crippen molar-refractivity contribution in [3.63, 3.8) is 0 Å². The Labute approximate surface area is 167 Å². The first-order valence-corrected chi connectivity index (χ1v) is 11.5. The molecule has 2 heterocycles. The maximum absolute atomic E-state index is 12.6. The second kappa shape index (κ2) is 8.32. The summed E-state index contributed by atoms with van der Waals surface area (Å²) >= 11 is 1.21. The summed E-state index contributed by atoms with van der Waals surface area (Å²) in [5, 5.41) is 4.86. The summed E-state index contributed by atoms with van der Waals surface area (Å²) in [7, 11) is -1.60. The first-order valence-electron chi connectivity index (χ1n) is 8.79. The Balaban J connectivity index is 1.91. The molecule has 0 spiro atoms. The van der Waals surface area contributed by atoms with Gasteiger partial charge in [0.2, 0.25) is 5.91 Å². The minimum atomic E-state index is -3.17. The highest BCUT2D eigenvalue weighted by Crippen LogP contribution is 2.37. The molecular formula is C19H21NO6S2. The van der Waals surface area contributed by atoms with E-state index in [1.807, 2.05) is 12.1 Å². The van der Waals surface area contributed by atoms with E-state index in [4.69, 9.17) is 9.47 Å². The number of hydrogen-bond acceptors (Lipinski definition) is 7. The summed E-state index contributed by atoms with van der Waals surface area (Å²) in [6.07, 6.45) is 0.291. The zero-order valence-corrected chi connectivity index (χ0v) is 17.2. The zero-order chi connectivity index (χ0) is 20.3. The van der Waals surface area contributed by atoms with Crippen molar-refractivity contribution in [2.75, 3.05) is 30.5 Å². The van der Waals surface area contributed by atoms with Crippen LogP contribution >= 0.6 is 11.3 Å². The van der Waals surface area contributed by atoms with E-state index in [1.54, 1.807) is 31.5 Å². The highest BCUT2D eigenvalue weighted by Gasteiger charge is 2.34. The van der Waals surface area contributed by atoms with Gasteiger partial charge in [0.25, 0.3) is 0 Å². The van der Waals surface area contributed by atoms with Crippen molar-refractivity contribution in [3.8, 4) is 16.9 Å². The number of nitrogens with one attached hydrogen (secondary N) is 1. The van der Waals surface area contributed by atoms with Crippen LogP contribution in [0.15, 0.2) is 29.6 Å². The van der Waals surface area contributed by atoms with Gasteiger partial charge in [0, 0.05) is 10.9 Å². The Morgan fingerprint density at radius 3 is 2.54 bits per heavy atom. The zero-order valence-electron chi connectivity index (χ0n) is 15.6. The van der Waals surface area contributed by atoms with Crippen LogP contribution in [0.5, 0.6) is 5.75 Å². The SMILES string of the molecule is CCOC(=O)c1c(-c2ccc(OC)cc2)csc1NC(=O)C1CCS(=O)(=O)C1. The van der Waals surface area contributed by atoms with E-state index in [9.17, 15) is 18.0 Å². The lowest BCUT2D eigenvalue weighted by Gasteiger charge is -2.11. The summed E-state index contributed by atoms with van der Waals surface area (Å²) in [6, 6.07) is 7.20. The summed E-state index contributed by atoms with van der Waals surface area (Å²) < 4.78 is 33.6. The predicted octanol–water partition coefficient (Wildman–Crippen LogP) is 2.97. The van der Waals surface area contributed by atoms with Crippen LogP contribution in [0, 0.1) is 5.92 Å². The third-order valence-corrected chi connectivity index (χ3v) is 7.17. The largest absolute Gasteiger partial charge is 0.497 e. The molecule has 0 saturated carbocycles. The van der Waals surface area contributed by atoms with Gasteiger partial charge in [-0.2, -0.15) is 0 Å². The van der Waals surface area contributed by atoms with Gasteiger partial charge in [0.05, 0.1) is 31.1 Å². The molecule has 7 nitrogen and oxygen atoms in total. The molecule has 1 amide bonds. The Kier molecular flexibility index (Phi) is 6.04. The molecule has 1 unspecified atom stereocenters. The molecule has 1 fully saturated rings. The molecule has 28 heavy (non-hydrogen) atoms. The molecular weight excluding hydrogens is 402 g/mol. The summed E-state index contributed by atoms with van der Waals surface area (Å²) in [5.41, 5.74) is 1.69. The maximum atomic E-state index is 12.6. The molecule has 3 rings (SSSR count). The van der Waals surface area contributed by atoms with Crippen molar-refractivity contribution in [1.29, 1.82) is 0 Å². The number of thiophene rings is 1. The summed E-state index contributed by atoms with van der Waals surface area (Å²) in [4.78, 5) is 25.1. The van der Waals surface area contributed by atoms with Crippen LogP contribution in [-0.4, -0.2) is 45.5 Å². The average Bonchev–Trinajstić information content (AvgIpc) is 3.25. The Bertz CT molecular complexity index is 978. The molecule has 1 aromatic carbocycles. The Morgan fingerprint density at radius 2 is 1.96 bits per heavy atom. The molecule has 1 aromatic heterocycles. The molecule has 2 aromatic rings. The molecule has 1 N–H and O–H groups in total. The molecule has 0 bridgehead atoms. The molecule has 150 valence electrons. The number of esters is 1. The lowest BCUT2D eigenvalue weighted by atomic mass is 10.0. The van der Waals surface area contributed by atoms with Gasteiger partial charge >= 0.3 is 5.97 Å². The first kappa shape index (κ1) is 20.3. The van der Waals surface area contributed by atoms with Gasteiger partial charge in [-0.25, -0.2) is 13.2 Å². The van der Waals surface area contributed by atoms with Crippen LogP contribution in [0.1, 0.15) is 23.7 Å². The lowest BCUT2D eigenvalue weighted by molar-refractivity contribution is -0.119. The number of benzene rings is 1. The van der Waals surface area contributed by atoms with Gasteiger partial charge in [0.1, 0.15) is 16.3 Å². The second-order valence-corrected chi connectivity index (χ2v) is 9.50. The van der Waals surface area contributed by atoms with Crippen molar-refractivity contribution in [1.82, 2.24) is 0 Å². The van der Waals surface area contributed by atoms with Gasteiger partial charge in [-0.05, 0) is 31.0 Å². The number of sulfone groups is 1. The molecule has 1 saturated heterocycles. The Hall–Kier alpha value is -2.39. The van der Waals surface area contributed by atoms with Crippen LogP contribution in [-0.2, 0) is 19.4 Å². The van der Waals surface area contributed by atoms with Crippen LogP contribution in [0.2, 0.25) is 0 Å². The number of amides is 1. The molecule has 1 atom stereocenters. The number of carbonyl (C=O) groups is 2. The highest BCUT2D eigenvalue weighted by atomic mass is 32.2. The fourth-order valence-corrected chi connectivity index (χ4v) is 5.76. The topological polar surface area (TPSA) is 98.8 Å². The first-order chi connectivity index (χ1) is 13.3. The van der Waals surface area contributed by atoms with Crippen LogP contribution in [0.3, 0.4) is 0 Å². The van der Waals surface area contributed by atoms with Crippen LogP contribution in [0.25, 0.3) is 11.1 Å². The second-order valence-electron chi connectivity index (χ2n) is 6.39. The molecule has 1 aliphatic heterocycles. The normalized spacial score (nSPS) is 17.9. The number of methoxy groups -OCH3 is 1. The monoisotopic (exact) mass is 423 g/mol. The molecule has 0 radical (unpaired) electrons.